The molecule has 0 bridgehead atoms. The van der Waals surface area contributed by atoms with Gasteiger partial charge in [-0.15, -0.1) is 0 Å². The highest BCUT2D eigenvalue weighted by atomic mass is 35.5. The molecule has 5 nitrogen and oxygen atoms in total. The van der Waals surface area contributed by atoms with Crippen molar-refractivity contribution in [3.8, 4) is 5.69 Å². The molecule has 0 unspecified atom stereocenters. The summed E-state index contributed by atoms with van der Waals surface area (Å²) in [4.78, 5) is 23.9. The Kier molecular flexibility index (Phi) is 4.20. The van der Waals surface area contributed by atoms with E-state index in [9.17, 15) is 9.59 Å². The van der Waals surface area contributed by atoms with Gasteiger partial charge in [0.2, 0.25) is 0 Å². The predicted octanol–water partition coefficient (Wildman–Crippen LogP) is 2.96. The van der Waals surface area contributed by atoms with E-state index in [1.807, 2.05) is 0 Å². The molecule has 7 heteroatoms. The van der Waals surface area contributed by atoms with Crippen molar-refractivity contribution in [1.29, 1.82) is 0 Å². The number of hydrogen-bond acceptors (Lipinski definition) is 3. The Morgan fingerprint density at radius 3 is 2.70 bits per heavy atom. The topological polar surface area (TPSA) is 64.1 Å². The van der Waals surface area contributed by atoms with E-state index in [2.05, 4.69) is 5.10 Å². The van der Waals surface area contributed by atoms with Crippen LogP contribution in [0.25, 0.3) is 5.69 Å². The second-order valence-electron chi connectivity index (χ2n) is 4.07. The molecule has 20 heavy (non-hydrogen) atoms. The molecule has 2 aromatic rings. The highest BCUT2D eigenvalue weighted by molar-refractivity contribution is 6.35. The first-order valence-electron chi connectivity index (χ1n) is 5.89. The lowest BCUT2D eigenvalue weighted by atomic mass is 10.3. The second kappa shape index (κ2) is 5.73. The van der Waals surface area contributed by atoms with Crippen molar-refractivity contribution >= 4 is 29.2 Å². The van der Waals surface area contributed by atoms with E-state index in [-0.39, 0.29) is 23.4 Å². The maximum Gasteiger partial charge on any atom is 0.356 e. The molecular weight excluding hydrogens is 303 g/mol. The Morgan fingerprint density at radius 2 is 2.10 bits per heavy atom. The Bertz CT molecular complexity index is 719. The summed E-state index contributed by atoms with van der Waals surface area (Å²) in [6.45, 7) is 3.47. The van der Waals surface area contributed by atoms with Crippen LogP contribution in [-0.2, 0) is 4.74 Å². The van der Waals surface area contributed by atoms with Crippen LogP contribution in [0.2, 0.25) is 10.0 Å². The minimum Gasteiger partial charge on any atom is -0.461 e. The second-order valence-corrected chi connectivity index (χ2v) is 4.91. The van der Waals surface area contributed by atoms with E-state index in [1.54, 1.807) is 26.0 Å². The molecule has 0 amide bonds. The Hall–Kier alpha value is -1.72. The predicted molar refractivity (Wildman–Crippen MR) is 77.1 cm³/mol. The number of nitrogens with zero attached hydrogens (tertiary/aromatic N) is 1. The Balaban J connectivity index is 2.56. The van der Waals surface area contributed by atoms with Gasteiger partial charge in [0.15, 0.2) is 0 Å². The summed E-state index contributed by atoms with van der Waals surface area (Å²) in [6, 6.07) is 4.72. The number of ether oxygens (including phenoxy) is 1. The van der Waals surface area contributed by atoms with Crippen LogP contribution in [0.15, 0.2) is 23.0 Å². The van der Waals surface area contributed by atoms with Gasteiger partial charge in [-0.25, -0.2) is 9.48 Å². The third-order valence-corrected chi connectivity index (χ3v) is 3.29. The molecule has 1 aromatic heterocycles. The van der Waals surface area contributed by atoms with Gasteiger partial charge in [0.25, 0.3) is 5.56 Å². The van der Waals surface area contributed by atoms with Crippen molar-refractivity contribution in [2.45, 2.75) is 13.8 Å². The molecule has 1 aromatic carbocycles. The average molecular weight is 315 g/mol. The average Bonchev–Trinajstić information content (AvgIpc) is 2.67. The third-order valence-electron chi connectivity index (χ3n) is 2.75. The highest BCUT2D eigenvalue weighted by Crippen LogP contribution is 2.23. The van der Waals surface area contributed by atoms with E-state index >= 15 is 0 Å². The van der Waals surface area contributed by atoms with Crippen LogP contribution in [0.3, 0.4) is 0 Å². The molecule has 0 fully saturated rings. The number of esters is 1. The molecule has 0 aliphatic carbocycles. The molecule has 1 heterocycles. The van der Waals surface area contributed by atoms with Crippen LogP contribution in [-0.4, -0.2) is 22.4 Å². The van der Waals surface area contributed by atoms with Crippen LogP contribution in [0.4, 0.5) is 0 Å². The van der Waals surface area contributed by atoms with Crippen molar-refractivity contribution in [3.05, 3.63) is 49.9 Å². The number of carbonyl (C=O) groups is 1. The lowest BCUT2D eigenvalue weighted by Gasteiger charge is -2.05. The van der Waals surface area contributed by atoms with Gasteiger partial charge in [-0.05, 0) is 32.0 Å². The summed E-state index contributed by atoms with van der Waals surface area (Å²) < 4.78 is 6.08. The quantitative estimate of drug-likeness (QED) is 0.886. The van der Waals surface area contributed by atoms with Gasteiger partial charge in [0.1, 0.15) is 5.69 Å². The number of aromatic amines is 1. The smallest absolute Gasteiger partial charge is 0.356 e. The zero-order valence-electron chi connectivity index (χ0n) is 10.9. The van der Waals surface area contributed by atoms with Crippen LogP contribution in [0, 0.1) is 6.92 Å². The number of hydrogen-bond donors (Lipinski definition) is 1. The maximum atomic E-state index is 12.2. The summed E-state index contributed by atoms with van der Waals surface area (Å²) in [5.41, 5.74) is 0.439. The first-order chi connectivity index (χ1) is 9.45. The zero-order chi connectivity index (χ0) is 14.9. The van der Waals surface area contributed by atoms with Crippen molar-refractivity contribution in [2.24, 2.45) is 0 Å². The summed E-state index contributed by atoms with van der Waals surface area (Å²) in [5.74, 6) is -0.578. The lowest BCUT2D eigenvalue weighted by molar-refractivity contribution is 0.0518. The van der Waals surface area contributed by atoms with Crippen LogP contribution in [0.5, 0.6) is 0 Å². The summed E-state index contributed by atoms with van der Waals surface area (Å²) in [6.07, 6.45) is 0. The molecule has 0 saturated carbocycles. The number of H-pyrrole nitrogens is 1. The zero-order valence-corrected chi connectivity index (χ0v) is 12.4. The molecule has 0 saturated heterocycles. The van der Waals surface area contributed by atoms with E-state index in [4.69, 9.17) is 27.9 Å². The highest BCUT2D eigenvalue weighted by Gasteiger charge is 2.19. The number of rotatable bonds is 3. The van der Waals surface area contributed by atoms with E-state index < -0.39 is 5.97 Å². The fraction of sp³-hybridized carbons (Fsp3) is 0.231. The van der Waals surface area contributed by atoms with E-state index in [1.165, 1.54) is 10.7 Å². The number of benzene rings is 1. The molecule has 0 radical (unpaired) electrons. The fourth-order valence-electron chi connectivity index (χ4n) is 1.76. The number of nitrogens with one attached hydrogen (secondary N) is 1. The summed E-state index contributed by atoms with van der Waals surface area (Å²) >= 11 is 11.9. The van der Waals surface area contributed by atoms with E-state index in [0.29, 0.717) is 15.7 Å². The summed E-state index contributed by atoms with van der Waals surface area (Å²) in [7, 11) is 0. The fourth-order valence-corrected chi connectivity index (χ4v) is 2.25. The normalized spacial score (nSPS) is 10.6. The van der Waals surface area contributed by atoms with Crippen LogP contribution < -0.4 is 5.56 Å². The molecule has 0 atom stereocenters. The standard InChI is InChI=1S/C13H12Cl2N2O3/c1-3-20-13(19)11-7(2)12(18)17(16-11)10-5-4-8(14)6-9(10)15/h4-6,16H,3H2,1-2H3. The van der Waals surface area contributed by atoms with Gasteiger partial charge < -0.3 is 4.74 Å². The minimum atomic E-state index is -0.578. The lowest BCUT2D eigenvalue weighted by Crippen LogP contribution is -2.16. The largest absolute Gasteiger partial charge is 0.461 e. The van der Waals surface area contributed by atoms with Gasteiger partial charge in [0.05, 0.1) is 17.3 Å². The minimum absolute atomic E-state index is 0.114. The van der Waals surface area contributed by atoms with Crippen molar-refractivity contribution in [1.82, 2.24) is 9.78 Å². The molecule has 0 aliphatic rings. The maximum absolute atomic E-state index is 12.2. The van der Waals surface area contributed by atoms with Gasteiger partial charge >= 0.3 is 5.97 Å². The van der Waals surface area contributed by atoms with E-state index in [0.717, 1.165) is 0 Å². The molecule has 106 valence electrons. The van der Waals surface area contributed by atoms with Crippen molar-refractivity contribution in [3.63, 3.8) is 0 Å². The summed E-state index contributed by atoms with van der Waals surface area (Å²) in [5, 5.41) is 3.47. The van der Waals surface area contributed by atoms with Gasteiger partial charge in [-0.2, -0.15) is 0 Å². The first-order valence-corrected chi connectivity index (χ1v) is 6.65. The molecule has 1 N–H and O–H groups in total. The van der Waals surface area contributed by atoms with Gasteiger partial charge in [0, 0.05) is 10.6 Å². The SMILES string of the molecule is CCOC(=O)c1[nH]n(-c2ccc(Cl)cc2Cl)c(=O)c1C. The van der Waals surface area contributed by atoms with Crippen LogP contribution in [0.1, 0.15) is 23.0 Å². The number of halogens is 2. The van der Waals surface area contributed by atoms with Crippen molar-refractivity contribution in [2.75, 3.05) is 6.61 Å². The monoisotopic (exact) mass is 314 g/mol. The van der Waals surface area contributed by atoms with Crippen LogP contribution >= 0.6 is 23.2 Å². The van der Waals surface area contributed by atoms with Crippen molar-refractivity contribution < 1.29 is 9.53 Å². The molecule has 0 spiro atoms. The Labute approximate surface area is 125 Å². The first kappa shape index (κ1) is 14.7. The Morgan fingerprint density at radius 1 is 1.40 bits per heavy atom. The number of aromatic nitrogens is 2. The molecule has 2 rings (SSSR count). The number of carbonyl (C=O) groups excluding carboxylic acids is 1. The molecule has 0 aliphatic heterocycles. The van der Waals surface area contributed by atoms with Gasteiger partial charge in [-0.1, -0.05) is 23.2 Å². The molecular formula is C13H12Cl2N2O3. The third kappa shape index (κ3) is 2.59. The van der Waals surface area contributed by atoms with Gasteiger partial charge in [-0.3, -0.25) is 9.89 Å².